The Morgan fingerprint density at radius 1 is 1.47 bits per heavy atom. The number of H-pyrrole nitrogens is 1. The van der Waals surface area contributed by atoms with Gasteiger partial charge in [-0.15, -0.1) is 0 Å². The molecule has 0 saturated carbocycles. The summed E-state index contributed by atoms with van der Waals surface area (Å²) >= 11 is 0. The Hall–Kier alpha value is -2.21. The molecule has 1 aromatic carbocycles. The van der Waals surface area contributed by atoms with E-state index >= 15 is 0 Å². The normalized spacial score (nSPS) is 18.1. The molecule has 19 heavy (non-hydrogen) atoms. The van der Waals surface area contributed by atoms with Gasteiger partial charge in [0.2, 0.25) is 0 Å². The Labute approximate surface area is 109 Å². The van der Waals surface area contributed by atoms with Gasteiger partial charge in [-0.25, -0.2) is 4.79 Å². The lowest BCUT2D eigenvalue weighted by molar-refractivity contribution is 0.0316. The van der Waals surface area contributed by atoms with Crippen molar-refractivity contribution in [2.45, 2.75) is 12.6 Å². The minimum atomic E-state index is -1.29. The standard InChI is InChI=1S/C13H14N2O4/c1-18-7-2-3-10-9(6-7)8-4-5-14-12(11(8)15-10)19-13(16)17/h2-3,6,12,14-15H,4-5H2,1H3,(H,16,17). The smallest absolute Gasteiger partial charge is 0.497 e. The molecule has 1 unspecified atom stereocenters. The van der Waals surface area contributed by atoms with Crippen molar-refractivity contribution in [2.24, 2.45) is 0 Å². The van der Waals surface area contributed by atoms with Gasteiger partial charge in [0, 0.05) is 17.4 Å². The molecule has 0 spiro atoms. The summed E-state index contributed by atoms with van der Waals surface area (Å²) in [4.78, 5) is 13.9. The average molecular weight is 262 g/mol. The van der Waals surface area contributed by atoms with E-state index in [1.165, 1.54) is 0 Å². The summed E-state index contributed by atoms with van der Waals surface area (Å²) in [5.74, 6) is 0.781. The molecule has 6 nitrogen and oxygen atoms in total. The molecule has 0 amide bonds. The number of aromatic amines is 1. The number of methoxy groups -OCH3 is 1. The molecule has 2 aromatic rings. The number of carbonyl (C=O) groups is 1. The summed E-state index contributed by atoms with van der Waals surface area (Å²) in [6.07, 6.45) is -1.11. The average Bonchev–Trinajstić information content (AvgIpc) is 2.77. The molecule has 1 aromatic heterocycles. The summed E-state index contributed by atoms with van der Waals surface area (Å²) in [5.41, 5.74) is 2.81. The first kappa shape index (κ1) is 11.9. The zero-order chi connectivity index (χ0) is 13.4. The first-order chi connectivity index (χ1) is 9.19. The van der Waals surface area contributed by atoms with Gasteiger partial charge in [-0.05, 0) is 30.2 Å². The Balaban J connectivity index is 2.10. The SMILES string of the molecule is COc1ccc2[nH]c3c(c2c1)CCNC3OC(=O)O. The number of carboxylic acid groups (broad SMARTS) is 1. The van der Waals surface area contributed by atoms with E-state index in [4.69, 9.17) is 14.6 Å². The second-order valence-corrected chi connectivity index (χ2v) is 4.40. The van der Waals surface area contributed by atoms with Crippen molar-refractivity contribution in [1.29, 1.82) is 0 Å². The number of nitrogens with one attached hydrogen (secondary N) is 2. The van der Waals surface area contributed by atoms with Crippen LogP contribution in [0.5, 0.6) is 5.75 Å². The zero-order valence-corrected chi connectivity index (χ0v) is 10.4. The molecule has 3 rings (SSSR count). The van der Waals surface area contributed by atoms with Crippen LogP contribution in [0.3, 0.4) is 0 Å². The van der Waals surface area contributed by atoms with Crippen LogP contribution >= 0.6 is 0 Å². The van der Waals surface area contributed by atoms with Crippen LogP contribution in [0.1, 0.15) is 17.5 Å². The minimum absolute atomic E-state index is 0.639. The fourth-order valence-electron chi connectivity index (χ4n) is 2.50. The highest BCUT2D eigenvalue weighted by atomic mass is 16.7. The molecule has 1 atom stereocenters. The van der Waals surface area contributed by atoms with Crippen LogP contribution in [-0.4, -0.2) is 29.9 Å². The predicted octanol–water partition coefficient (Wildman–Crippen LogP) is 2.02. The van der Waals surface area contributed by atoms with Crippen LogP contribution in [-0.2, 0) is 11.2 Å². The highest BCUT2D eigenvalue weighted by molar-refractivity contribution is 5.86. The number of fused-ring (bicyclic) bond motifs is 3. The highest BCUT2D eigenvalue weighted by Crippen LogP contribution is 2.32. The van der Waals surface area contributed by atoms with Gasteiger partial charge < -0.3 is 19.6 Å². The molecule has 100 valence electrons. The van der Waals surface area contributed by atoms with E-state index in [0.717, 1.165) is 34.3 Å². The van der Waals surface area contributed by atoms with Crippen molar-refractivity contribution in [2.75, 3.05) is 13.7 Å². The van der Waals surface area contributed by atoms with E-state index in [1.54, 1.807) is 7.11 Å². The topological polar surface area (TPSA) is 83.6 Å². The fraction of sp³-hybridized carbons (Fsp3) is 0.308. The summed E-state index contributed by atoms with van der Waals surface area (Å²) < 4.78 is 10.1. The molecule has 0 aliphatic carbocycles. The van der Waals surface area contributed by atoms with Crippen molar-refractivity contribution in [3.05, 3.63) is 29.5 Å². The largest absolute Gasteiger partial charge is 0.507 e. The molecule has 6 heteroatoms. The maximum absolute atomic E-state index is 10.7. The molecule has 3 N–H and O–H groups in total. The molecule has 0 radical (unpaired) electrons. The van der Waals surface area contributed by atoms with E-state index in [1.807, 2.05) is 18.2 Å². The van der Waals surface area contributed by atoms with E-state index in [9.17, 15) is 4.79 Å². The van der Waals surface area contributed by atoms with Gasteiger partial charge in [-0.2, -0.15) is 0 Å². The highest BCUT2D eigenvalue weighted by Gasteiger charge is 2.26. The predicted molar refractivity (Wildman–Crippen MR) is 68.4 cm³/mol. The lowest BCUT2D eigenvalue weighted by Gasteiger charge is -2.22. The number of ether oxygens (including phenoxy) is 2. The van der Waals surface area contributed by atoms with Crippen LogP contribution in [0.15, 0.2) is 18.2 Å². The van der Waals surface area contributed by atoms with Crippen molar-refractivity contribution >= 4 is 17.1 Å². The summed E-state index contributed by atoms with van der Waals surface area (Å²) in [6.45, 7) is 0.676. The van der Waals surface area contributed by atoms with Gasteiger partial charge in [-0.3, -0.25) is 5.32 Å². The van der Waals surface area contributed by atoms with E-state index < -0.39 is 12.4 Å². The molecule has 1 aliphatic heterocycles. The quantitative estimate of drug-likeness (QED) is 0.721. The van der Waals surface area contributed by atoms with Crippen LogP contribution in [0.25, 0.3) is 10.9 Å². The van der Waals surface area contributed by atoms with Gasteiger partial charge in [0.1, 0.15) is 5.75 Å². The van der Waals surface area contributed by atoms with Crippen molar-refractivity contribution in [1.82, 2.24) is 10.3 Å². The third-order valence-corrected chi connectivity index (χ3v) is 3.33. The van der Waals surface area contributed by atoms with Crippen LogP contribution in [0.4, 0.5) is 4.79 Å². The Kier molecular flexibility index (Phi) is 2.79. The maximum atomic E-state index is 10.7. The summed E-state index contributed by atoms with van der Waals surface area (Å²) in [7, 11) is 1.62. The molecule has 0 saturated heterocycles. The van der Waals surface area contributed by atoms with Crippen molar-refractivity contribution in [3.63, 3.8) is 0 Å². The van der Waals surface area contributed by atoms with E-state index in [-0.39, 0.29) is 0 Å². The number of hydrogen-bond acceptors (Lipinski definition) is 4. The Morgan fingerprint density at radius 2 is 2.32 bits per heavy atom. The molecule has 1 aliphatic rings. The van der Waals surface area contributed by atoms with E-state index in [2.05, 4.69) is 10.3 Å². The van der Waals surface area contributed by atoms with Gasteiger partial charge in [0.05, 0.1) is 12.8 Å². The Bertz CT molecular complexity index is 635. The number of hydrogen-bond donors (Lipinski definition) is 3. The second-order valence-electron chi connectivity index (χ2n) is 4.40. The fourth-order valence-corrected chi connectivity index (χ4v) is 2.50. The second kappa shape index (κ2) is 4.47. The third kappa shape index (κ3) is 2.00. The molecule has 0 bridgehead atoms. The van der Waals surface area contributed by atoms with Crippen LogP contribution < -0.4 is 10.1 Å². The molecule has 2 heterocycles. The first-order valence-corrected chi connectivity index (χ1v) is 6.00. The molecular formula is C13H14N2O4. The lowest BCUT2D eigenvalue weighted by Crippen LogP contribution is -2.32. The van der Waals surface area contributed by atoms with Crippen LogP contribution in [0.2, 0.25) is 0 Å². The van der Waals surface area contributed by atoms with E-state index in [0.29, 0.717) is 6.54 Å². The van der Waals surface area contributed by atoms with Gasteiger partial charge >= 0.3 is 6.16 Å². The lowest BCUT2D eigenvalue weighted by atomic mass is 10.0. The van der Waals surface area contributed by atoms with Gasteiger partial charge in [0.25, 0.3) is 0 Å². The minimum Gasteiger partial charge on any atom is -0.497 e. The molecular weight excluding hydrogens is 248 g/mol. The van der Waals surface area contributed by atoms with Crippen molar-refractivity contribution in [3.8, 4) is 5.75 Å². The number of benzene rings is 1. The van der Waals surface area contributed by atoms with Gasteiger partial charge in [-0.1, -0.05) is 0 Å². The summed E-state index contributed by atoms with van der Waals surface area (Å²) in [6, 6.07) is 5.74. The molecule has 0 fully saturated rings. The monoisotopic (exact) mass is 262 g/mol. The van der Waals surface area contributed by atoms with Crippen LogP contribution in [0, 0.1) is 0 Å². The van der Waals surface area contributed by atoms with Gasteiger partial charge in [0.15, 0.2) is 6.23 Å². The maximum Gasteiger partial charge on any atom is 0.507 e. The third-order valence-electron chi connectivity index (χ3n) is 3.33. The first-order valence-electron chi connectivity index (χ1n) is 6.00. The Morgan fingerprint density at radius 3 is 3.05 bits per heavy atom. The summed E-state index contributed by atoms with van der Waals surface area (Å²) in [5, 5.41) is 12.8. The number of aromatic nitrogens is 1. The zero-order valence-electron chi connectivity index (χ0n) is 10.4. The van der Waals surface area contributed by atoms with Crippen molar-refractivity contribution < 1.29 is 19.4 Å². The number of rotatable bonds is 2.